The molecule has 0 saturated carbocycles. The molecule has 0 spiro atoms. The Balaban J connectivity index is 2.24. The maximum Gasteiger partial charge on any atom is 0.152 e. The number of hydrogen-bond donors (Lipinski definition) is 0. The van der Waals surface area contributed by atoms with E-state index in [9.17, 15) is 8.42 Å². The molecule has 1 aliphatic rings. The third-order valence-corrected chi connectivity index (χ3v) is 6.03. The van der Waals surface area contributed by atoms with Crippen molar-refractivity contribution in [1.82, 2.24) is 14.7 Å². The summed E-state index contributed by atoms with van der Waals surface area (Å²) < 4.78 is 25.1. The molecule has 0 aromatic carbocycles. The zero-order chi connectivity index (χ0) is 15.8. The van der Waals surface area contributed by atoms with Crippen LogP contribution < -0.4 is 0 Å². The molecule has 0 N–H and O–H groups in total. The van der Waals surface area contributed by atoms with Crippen molar-refractivity contribution in [2.45, 2.75) is 45.8 Å². The fourth-order valence-electron chi connectivity index (χ4n) is 2.73. The van der Waals surface area contributed by atoms with E-state index in [0.717, 1.165) is 17.0 Å². The lowest BCUT2D eigenvalue weighted by molar-refractivity contribution is 0.293. The van der Waals surface area contributed by atoms with Crippen LogP contribution in [0.15, 0.2) is 0 Å². The van der Waals surface area contributed by atoms with E-state index in [0.29, 0.717) is 13.0 Å². The first-order valence-electron chi connectivity index (χ1n) is 7.10. The largest absolute Gasteiger partial charge is 0.287 e. The van der Waals surface area contributed by atoms with Crippen molar-refractivity contribution in [2.75, 3.05) is 18.6 Å². The van der Waals surface area contributed by atoms with Crippen LogP contribution in [0.2, 0.25) is 0 Å². The molecule has 0 amide bonds. The highest BCUT2D eigenvalue weighted by molar-refractivity contribution is 7.91. The van der Waals surface area contributed by atoms with Gasteiger partial charge in [0.05, 0.1) is 35.4 Å². The van der Waals surface area contributed by atoms with Crippen LogP contribution in [0.1, 0.15) is 36.3 Å². The molecule has 0 unspecified atom stereocenters. The van der Waals surface area contributed by atoms with E-state index < -0.39 is 9.84 Å². The van der Waals surface area contributed by atoms with Crippen LogP contribution in [0.5, 0.6) is 0 Å². The molecular weight excluding hydrogens is 288 g/mol. The monoisotopic (exact) mass is 310 g/mol. The summed E-state index contributed by atoms with van der Waals surface area (Å²) in [5.74, 6) is 0.426. The standard InChI is InChI=1S/C14H22N4O2S/c1-10(7-15)17(4)8-14-11(2)16-18(12(14)3)13-5-6-21(19,20)9-13/h10,13H,5-6,8-9H2,1-4H3/t10-,13-/m0/s1. The Morgan fingerprint density at radius 3 is 2.71 bits per heavy atom. The number of nitriles is 1. The lowest BCUT2D eigenvalue weighted by Gasteiger charge is -2.19. The molecule has 1 aromatic rings. The molecule has 1 aliphatic heterocycles. The second-order valence-corrected chi connectivity index (χ2v) is 8.10. The molecule has 2 rings (SSSR count). The van der Waals surface area contributed by atoms with Crippen molar-refractivity contribution < 1.29 is 8.42 Å². The van der Waals surface area contributed by atoms with Gasteiger partial charge in [0.2, 0.25) is 0 Å². The summed E-state index contributed by atoms with van der Waals surface area (Å²) >= 11 is 0. The van der Waals surface area contributed by atoms with Gasteiger partial charge in [-0.3, -0.25) is 9.58 Å². The minimum absolute atomic E-state index is 0.0545. The number of nitrogens with zero attached hydrogens (tertiary/aromatic N) is 4. The fourth-order valence-corrected chi connectivity index (χ4v) is 4.43. The first-order chi connectivity index (χ1) is 9.75. The minimum Gasteiger partial charge on any atom is -0.287 e. The van der Waals surface area contributed by atoms with E-state index in [-0.39, 0.29) is 23.6 Å². The van der Waals surface area contributed by atoms with Crippen LogP contribution in [0.4, 0.5) is 0 Å². The second-order valence-electron chi connectivity index (χ2n) is 5.87. The molecule has 116 valence electrons. The number of sulfone groups is 1. The van der Waals surface area contributed by atoms with Gasteiger partial charge in [0, 0.05) is 17.8 Å². The lowest BCUT2D eigenvalue weighted by atomic mass is 10.1. The maximum absolute atomic E-state index is 11.6. The molecule has 0 radical (unpaired) electrons. The van der Waals surface area contributed by atoms with Crippen molar-refractivity contribution in [3.63, 3.8) is 0 Å². The summed E-state index contributed by atoms with van der Waals surface area (Å²) in [5.41, 5.74) is 3.00. The average molecular weight is 310 g/mol. The zero-order valence-corrected chi connectivity index (χ0v) is 13.8. The molecule has 0 bridgehead atoms. The predicted molar refractivity (Wildman–Crippen MR) is 80.6 cm³/mol. The van der Waals surface area contributed by atoms with E-state index in [4.69, 9.17) is 5.26 Å². The Morgan fingerprint density at radius 1 is 1.52 bits per heavy atom. The van der Waals surface area contributed by atoms with E-state index >= 15 is 0 Å². The van der Waals surface area contributed by atoms with Crippen LogP contribution in [0, 0.1) is 25.2 Å². The van der Waals surface area contributed by atoms with Gasteiger partial charge >= 0.3 is 0 Å². The molecule has 6 nitrogen and oxygen atoms in total. The van der Waals surface area contributed by atoms with Crippen molar-refractivity contribution >= 4 is 9.84 Å². The quantitative estimate of drug-likeness (QED) is 0.835. The van der Waals surface area contributed by atoms with Crippen molar-refractivity contribution in [3.8, 4) is 6.07 Å². The van der Waals surface area contributed by atoms with Crippen LogP contribution in [0.3, 0.4) is 0 Å². The summed E-state index contributed by atoms with van der Waals surface area (Å²) in [5, 5.41) is 13.5. The fraction of sp³-hybridized carbons (Fsp3) is 0.714. The molecule has 1 fully saturated rings. The summed E-state index contributed by atoms with van der Waals surface area (Å²) in [6.45, 7) is 6.42. The highest BCUT2D eigenvalue weighted by atomic mass is 32.2. The smallest absolute Gasteiger partial charge is 0.152 e. The number of aromatic nitrogens is 2. The van der Waals surface area contributed by atoms with Crippen LogP contribution >= 0.6 is 0 Å². The van der Waals surface area contributed by atoms with Gasteiger partial charge in [-0.05, 0) is 34.2 Å². The van der Waals surface area contributed by atoms with E-state index in [1.807, 2.05) is 37.4 Å². The first-order valence-corrected chi connectivity index (χ1v) is 8.92. The number of aryl methyl sites for hydroxylation is 1. The second kappa shape index (κ2) is 5.78. The SMILES string of the molecule is Cc1nn([C@H]2CCS(=O)(=O)C2)c(C)c1CN(C)[C@@H](C)C#N. The molecule has 7 heteroatoms. The predicted octanol–water partition coefficient (Wildman–Crippen LogP) is 1.20. The average Bonchev–Trinajstić information content (AvgIpc) is 2.91. The van der Waals surface area contributed by atoms with E-state index in [2.05, 4.69) is 11.2 Å². The zero-order valence-electron chi connectivity index (χ0n) is 13.0. The van der Waals surface area contributed by atoms with Gasteiger partial charge in [0.1, 0.15) is 0 Å². The van der Waals surface area contributed by atoms with Crippen molar-refractivity contribution in [3.05, 3.63) is 17.0 Å². The minimum atomic E-state index is -2.92. The Bertz CT molecular complexity index is 672. The molecule has 21 heavy (non-hydrogen) atoms. The van der Waals surface area contributed by atoms with Gasteiger partial charge in [-0.25, -0.2) is 8.42 Å². The highest BCUT2D eigenvalue weighted by Crippen LogP contribution is 2.27. The van der Waals surface area contributed by atoms with Gasteiger partial charge in [-0.2, -0.15) is 10.4 Å². The highest BCUT2D eigenvalue weighted by Gasteiger charge is 2.31. The summed E-state index contributed by atoms with van der Waals surface area (Å²) in [7, 11) is -1.01. The molecule has 1 aromatic heterocycles. The van der Waals surface area contributed by atoms with Gasteiger partial charge in [0.25, 0.3) is 0 Å². The lowest BCUT2D eigenvalue weighted by Crippen LogP contribution is -2.27. The number of hydrogen-bond acceptors (Lipinski definition) is 5. The first kappa shape index (κ1) is 16.0. The Labute approximate surface area is 126 Å². The Hall–Kier alpha value is -1.39. The summed E-state index contributed by atoms with van der Waals surface area (Å²) in [4.78, 5) is 1.97. The van der Waals surface area contributed by atoms with Gasteiger partial charge in [0.15, 0.2) is 9.84 Å². The van der Waals surface area contributed by atoms with Crippen molar-refractivity contribution in [2.24, 2.45) is 0 Å². The molecule has 0 aliphatic carbocycles. The van der Waals surface area contributed by atoms with Crippen molar-refractivity contribution in [1.29, 1.82) is 5.26 Å². The topological polar surface area (TPSA) is 79.0 Å². The van der Waals surface area contributed by atoms with Gasteiger partial charge < -0.3 is 0 Å². The summed E-state index contributed by atoms with van der Waals surface area (Å²) in [6, 6.07) is 1.99. The molecular formula is C14H22N4O2S. The maximum atomic E-state index is 11.6. The number of rotatable bonds is 4. The van der Waals surface area contributed by atoms with E-state index in [1.165, 1.54) is 0 Å². The van der Waals surface area contributed by atoms with Crippen LogP contribution in [0.25, 0.3) is 0 Å². The summed E-state index contributed by atoms with van der Waals surface area (Å²) in [6.07, 6.45) is 0.633. The molecule has 2 atom stereocenters. The molecule has 2 heterocycles. The van der Waals surface area contributed by atoms with Gasteiger partial charge in [-0.15, -0.1) is 0 Å². The Morgan fingerprint density at radius 2 is 2.19 bits per heavy atom. The third-order valence-electron chi connectivity index (χ3n) is 4.28. The molecule has 1 saturated heterocycles. The third kappa shape index (κ3) is 3.27. The van der Waals surface area contributed by atoms with Crippen LogP contribution in [-0.2, 0) is 16.4 Å². The normalized spacial score (nSPS) is 22.4. The van der Waals surface area contributed by atoms with E-state index in [1.54, 1.807) is 0 Å². The van der Waals surface area contributed by atoms with Gasteiger partial charge in [-0.1, -0.05) is 0 Å². The Kier molecular flexibility index (Phi) is 4.40. The van der Waals surface area contributed by atoms with Crippen LogP contribution in [-0.4, -0.2) is 47.7 Å².